The summed E-state index contributed by atoms with van der Waals surface area (Å²) < 4.78 is 13.1. The number of esters is 1. The van der Waals surface area contributed by atoms with Gasteiger partial charge in [0.15, 0.2) is 5.78 Å². The van der Waals surface area contributed by atoms with E-state index < -0.39 is 22.7 Å². The first-order chi connectivity index (χ1) is 26.3. The molecule has 10 nitrogen and oxygen atoms in total. The maximum Gasteiger partial charge on any atom is 0.309 e. The molecule has 0 amide bonds. The predicted molar refractivity (Wildman–Crippen MR) is 211 cm³/mol. The van der Waals surface area contributed by atoms with Gasteiger partial charge in [0.05, 0.1) is 34.6 Å². The summed E-state index contributed by atoms with van der Waals surface area (Å²) in [7, 11) is 0. The zero-order chi connectivity index (χ0) is 40.0. The van der Waals surface area contributed by atoms with Crippen LogP contribution in [0.5, 0.6) is 0 Å². The third-order valence-electron chi connectivity index (χ3n) is 18.0. The number of benzene rings is 1. The van der Waals surface area contributed by atoms with Crippen LogP contribution < -0.4 is 0 Å². The molecule has 10 heteroatoms. The number of allylic oxidation sites excluding steroid dienone is 2. The zero-order valence-electron chi connectivity index (χ0n) is 34.8. The average Bonchev–Trinajstić information content (AvgIpc) is 3.87. The molecule has 300 valence electrons. The molecule has 1 unspecified atom stereocenters. The van der Waals surface area contributed by atoms with Gasteiger partial charge in [-0.05, 0) is 132 Å². The Morgan fingerprint density at radius 2 is 1.66 bits per heavy atom. The molecule has 2 N–H and O–H groups in total. The summed E-state index contributed by atoms with van der Waals surface area (Å²) in [4.78, 5) is 47.2. The molecule has 0 radical (unpaired) electrons. The summed E-state index contributed by atoms with van der Waals surface area (Å²) in [5.41, 5.74) is 3.60. The number of aliphatic carboxylic acids is 1. The monoisotopic (exact) mass is 764 g/mol. The van der Waals surface area contributed by atoms with E-state index in [1.807, 2.05) is 32.0 Å². The van der Waals surface area contributed by atoms with E-state index in [2.05, 4.69) is 63.5 Å². The topological polar surface area (TPSA) is 148 Å². The Kier molecular flexibility index (Phi) is 8.16. The number of carboxylic acid groups (broad SMARTS) is 1. The number of carbonyl (C=O) groups excluding carboxylic acids is 2. The first-order valence-electron chi connectivity index (χ1n) is 21.3. The number of ketones is 1. The molecule has 2 heterocycles. The van der Waals surface area contributed by atoms with Crippen molar-refractivity contribution in [2.45, 2.75) is 138 Å². The molecule has 0 aliphatic heterocycles. The second-order valence-electron chi connectivity index (χ2n) is 21.1. The highest BCUT2D eigenvalue weighted by molar-refractivity contribution is 6.01. The molecule has 3 aromatic rings. The van der Waals surface area contributed by atoms with Crippen molar-refractivity contribution in [3.63, 3.8) is 0 Å². The van der Waals surface area contributed by atoms with Crippen LogP contribution in [0.4, 0.5) is 0 Å². The number of fused-ring (bicyclic) bond motifs is 8. The molecule has 2 aromatic heterocycles. The lowest BCUT2D eigenvalue weighted by atomic mass is 9.33. The normalized spacial score (nSPS) is 39.7. The highest BCUT2D eigenvalue weighted by Gasteiger charge is 2.71. The molecule has 56 heavy (non-hydrogen) atoms. The second-order valence-corrected chi connectivity index (χ2v) is 21.1. The fourth-order valence-electron chi connectivity index (χ4n) is 14.6. The summed E-state index contributed by atoms with van der Waals surface area (Å²) >= 11 is 0. The van der Waals surface area contributed by atoms with Gasteiger partial charge in [-0.1, -0.05) is 62.3 Å². The first kappa shape index (κ1) is 37.7. The van der Waals surface area contributed by atoms with E-state index in [0.717, 1.165) is 73.5 Å². The number of carboxylic acids is 1. The van der Waals surface area contributed by atoms with Crippen LogP contribution in [-0.4, -0.2) is 49.1 Å². The van der Waals surface area contributed by atoms with E-state index in [-0.39, 0.29) is 57.3 Å². The number of nitrogens with zero attached hydrogens (tertiary/aromatic N) is 3. The molecule has 1 aromatic carbocycles. The Hall–Kier alpha value is -3.82. The molecule has 0 saturated heterocycles. The maximum absolute atomic E-state index is 14.2. The van der Waals surface area contributed by atoms with E-state index in [0.29, 0.717) is 36.5 Å². The van der Waals surface area contributed by atoms with Crippen molar-refractivity contribution in [3.05, 3.63) is 41.6 Å². The largest absolute Gasteiger partial charge is 0.481 e. The summed E-state index contributed by atoms with van der Waals surface area (Å²) in [6, 6.07) is 5.92. The number of hydrogen-bond donors (Lipinski definition) is 2. The molecular weight excluding hydrogens is 705 g/mol. The van der Waals surface area contributed by atoms with E-state index in [1.54, 1.807) is 6.33 Å². The summed E-state index contributed by atoms with van der Waals surface area (Å²) in [6.07, 6.45) is 10.1. The minimum Gasteiger partial charge on any atom is -0.481 e. The van der Waals surface area contributed by atoms with Crippen molar-refractivity contribution in [1.29, 1.82) is 0 Å². The van der Waals surface area contributed by atoms with Gasteiger partial charge < -0.3 is 19.2 Å². The Morgan fingerprint density at radius 1 is 0.893 bits per heavy atom. The van der Waals surface area contributed by atoms with Crippen molar-refractivity contribution in [1.82, 2.24) is 20.2 Å². The van der Waals surface area contributed by atoms with Gasteiger partial charge in [0.1, 0.15) is 6.10 Å². The van der Waals surface area contributed by atoms with Gasteiger partial charge >= 0.3 is 11.9 Å². The van der Waals surface area contributed by atoms with Gasteiger partial charge in [0, 0.05) is 17.4 Å². The zero-order valence-corrected chi connectivity index (χ0v) is 34.8. The minimum absolute atomic E-state index is 0.0219. The van der Waals surface area contributed by atoms with Crippen molar-refractivity contribution in [2.24, 2.45) is 62.6 Å². The Bertz CT molecular complexity index is 2180. The molecule has 5 saturated carbocycles. The summed E-state index contributed by atoms with van der Waals surface area (Å²) in [6.45, 7) is 20.4. The lowest BCUT2D eigenvalue weighted by Gasteiger charge is -2.72. The number of carbonyl (C=O) groups is 3. The molecule has 6 aliphatic rings. The van der Waals surface area contributed by atoms with Crippen molar-refractivity contribution in [3.8, 4) is 11.5 Å². The number of hydrogen-bond acceptors (Lipinski definition) is 8. The highest BCUT2D eigenvalue weighted by atomic mass is 16.5. The fraction of sp³-hybridized carbons (Fsp3) is 0.696. The van der Waals surface area contributed by atoms with Crippen LogP contribution in [0.2, 0.25) is 0 Å². The third-order valence-corrected chi connectivity index (χ3v) is 18.0. The number of rotatable bonds is 6. The van der Waals surface area contributed by atoms with Crippen molar-refractivity contribution < 1.29 is 28.6 Å². The van der Waals surface area contributed by atoms with Gasteiger partial charge in [-0.2, -0.15) is 0 Å². The van der Waals surface area contributed by atoms with Gasteiger partial charge in [0.25, 0.3) is 0 Å². The number of aromatic nitrogens is 4. The number of Topliss-reactive ketones (excluding diaryl/α,β-unsaturated/α-hetero) is 1. The number of imidazole rings is 1. The number of nitrogens with one attached hydrogen (secondary N) is 1. The maximum atomic E-state index is 14.2. The van der Waals surface area contributed by atoms with Crippen molar-refractivity contribution >= 4 is 28.8 Å². The van der Waals surface area contributed by atoms with Crippen LogP contribution in [0.15, 0.2) is 40.1 Å². The molecule has 5 fully saturated rings. The lowest BCUT2D eigenvalue weighted by molar-refractivity contribution is -0.235. The predicted octanol–water partition coefficient (Wildman–Crippen LogP) is 9.50. The van der Waals surface area contributed by atoms with Gasteiger partial charge in [-0.25, -0.2) is 4.98 Å². The molecule has 6 aliphatic carbocycles. The van der Waals surface area contributed by atoms with Crippen LogP contribution in [0.3, 0.4) is 0 Å². The summed E-state index contributed by atoms with van der Waals surface area (Å²) in [5.74, 6) is 0.568. The molecule has 9 rings (SSSR count). The number of ether oxygens (including phenoxy) is 1. The van der Waals surface area contributed by atoms with E-state index in [9.17, 15) is 19.5 Å². The van der Waals surface area contributed by atoms with E-state index >= 15 is 0 Å². The van der Waals surface area contributed by atoms with Crippen LogP contribution >= 0.6 is 0 Å². The number of aromatic amines is 1. The Balaban J connectivity index is 1.01. The van der Waals surface area contributed by atoms with Crippen molar-refractivity contribution in [2.75, 3.05) is 0 Å². The van der Waals surface area contributed by atoms with Gasteiger partial charge in [-0.15, -0.1) is 10.2 Å². The van der Waals surface area contributed by atoms with Crippen LogP contribution in [0, 0.1) is 62.6 Å². The molecule has 0 bridgehead atoms. The quantitative estimate of drug-likeness (QED) is 0.234. The number of H-pyrrole nitrogens is 1. The van der Waals surface area contributed by atoms with Gasteiger partial charge in [-0.3, -0.25) is 14.4 Å². The van der Waals surface area contributed by atoms with Crippen LogP contribution in [0.1, 0.15) is 132 Å². The SMILES string of the molecule is CC(C)C1=C2C3CC[C@@H]4[C@@]5(C)CC[C@H](OC(=O)[C@H]6C[C@@H](C(=O)O)C6(C)C)C(C)(C)[C@@H]5CC[C@@]4(C)[C@]3(C)CC[C@@]2(c2nnc(-c3ccc4nc[nH]c4c3)o2)CC1=O. The Morgan fingerprint density at radius 3 is 2.38 bits per heavy atom. The van der Waals surface area contributed by atoms with Crippen LogP contribution in [0.25, 0.3) is 22.5 Å². The Labute approximate surface area is 330 Å². The minimum atomic E-state index is -0.829. The van der Waals surface area contributed by atoms with E-state index in [4.69, 9.17) is 14.3 Å². The van der Waals surface area contributed by atoms with Gasteiger partial charge in [0.2, 0.25) is 11.8 Å². The highest BCUT2D eigenvalue weighted by Crippen LogP contribution is 2.77. The van der Waals surface area contributed by atoms with Crippen LogP contribution in [-0.2, 0) is 24.5 Å². The molecular formula is C46H60N4O6. The molecule has 0 spiro atoms. The van der Waals surface area contributed by atoms with E-state index in [1.165, 1.54) is 5.57 Å². The second kappa shape index (κ2) is 12.1. The third kappa shape index (κ3) is 4.85. The standard InChI is InChI=1S/C46H60N4O6/c1-24(2)35-31(51)22-46(40-50-49-37(56-40)25-10-12-29-30(20-25)48-23-47-29)19-18-44(8)26(36(35)46)11-13-33-43(7)16-15-34(42(5,6)32(43)14-17-45(33,44)9)55-39(54)28-21-27(38(52)53)41(28,3)4/h10,12,20,23-24,26-28,32-34H,11,13-19,21-22H2,1-9H3,(H,47,48)(H,52,53)/t26?,27-,28+,32-,33+,34-,43-,44+,45+,46+/m0/s1. The lowest BCUT2D eigenvalue weighted by Crippen LogP contribution is -2.66. The smallest absolute Gasteiger partial charge is 0.309 e. The first-order valence-corrected chi connectivity index (χ1v) is 21.3. The molecule has 10 atom stereocenters. The average molecular weight is 765 g/mol. The fourth-order valence-corrected chi connectivity index (χ4v) is 14.6. The summed E-state index contributed by atoms with van der Waals surface area (Å²) in [5, 5.41) is 19.0.